The third-order valence-electron chi connectivity index (χ3n) is 4.75. The van der Waals surface area contributed by atoms with Gasteiger partial charge in [0.15, 0.2) is 4.80 Å². The van der Waals surface area contributed by atoms with Gasteiger partial charge in [-0.15, -0.1) is 0 Å². The standard InChI is InChI=1S/C23H23N5O4S/c1-14-19(22(31)26-13-12-18(29)32-2)33-23(28(14)17-6-4-3-5-7-17)27-21(30)16-10-8-15(9-11-16)20(24)25/h3-11H,12-13H2,1-2H3,(H3,24,25)(H,26,31). The summed E-state index contributed by atoms with van der Waals surface area (Å²) >= 11 is 1.08. The van der Waals surface area contributed by atoms with E-state index in [4.69, 9.17) is 11.1 Å². The molecule has 1 heterocycles. The molecule has 0 aliphatic carbocycles. The highest BCUT2D eigenvalue weighted by atomic mass is 32.1. The predicted octanol–water partition coefficient (Wildman–Crippen LogP) is 2.17. The average molecular weight is 466 g/mol. The minimum atomic E-state index is -0.492. The molecular weight excluding hydrogens is 442 g/mol. The molecule has 33 heavy (non-hydrogen) atoms. The number of hydrogen-bond donors (Lipinski definition) is 3. The first-order chi connectivity index (χ1) is 15.8. The summed E-state index contributed by atoms with van der Waals surface area (Å²) in [6, 6.07) is 15.5. The molecule has 0 spiro atoms. The molecule has 2 amide bonds. The van der Waals surface area contributed by atoms with Crippen molar-refractivity contribution < 1.29 is 19.1 Å². The SMILES string of the molecule is COC(=O)CCNC(=O)c1sc(=NC(=O)c2ccc(C(=N)N)cc2)n(-c2ccccc2)c1C. The molecule has 10 heteroatoms. The van der Waals surface area contributed by atoms with E-state index in [0.29, 0.717) is 26.5 Å². The van der Waals surface area contributed by atoms with Gasteiger partial charge in [-0.3, -0.25) is 24.4 Å². The second-order valence-corrected chi connectivity index (χ2v) is 7.94. The zero-order valence-electron chi connectivity index (χ0n) is 18.1. The summed E-state index contributed by atoms with van der Waals surface area (Å²) in [5, 5.41) is 10.2. The Bertz CT molecular complexity index is 1260. The fourth-order valence-electron chi connectivity index (χ4n) is 3.02. The van der Waals surface area contributed by atoms with Crippen molar-refractivity contribution in [3.05, 3.63) is 81.1 Å². The fourth-order valence-corrected chi connectivity index (χ4v) is 4.07. The van der Waals surface area contributed by atoms with Gasteiger partial charge < -0.3 is 15.8 Å². The monoisotopic (exact) mass is 465 g/mol. The fraction of sp³-hybridized carbons (Fsp3) is 0.174. The molecule has 3 rings (SSSR count). The van der Waals surface area contributed by atoms with Crippen LogP contribution in [-0.4, -0.2) is 41.8 Å². The lowest BCUT2D eigenvalue weighted by atomic mass is 10.1. The number of nitrogen functional groups attached to an aromatic ring is 1. The van der Waals surface area contributed by atoms with Crippen molar-refractivity contribution in [1.82, 2.24) is 9.88 Å². The Morgan fingerprint density at radius 3 is 2.33 bits per heavy atom. The number of aromatic nitrogens is 1. The van der Waals surface area contributed by atoms with Crippen LogP contribution in [0.1, 0.15) is 37.7 Å². The van der Waals surface area contributed by atoms with Crippen LogP contribution in [0.5, 0.6) is 0 Å². The number of nitrogens with zero attached hydrogens (tertiary/aromatic N) is 2. The zero-order chi connectivity index (χ0) is 24.0. The highest BCUT2D eigenvalue weighted by molar-refractivity contribution is 7.11. The van der Waals surface area contributed by atoms with Crippen LogP contribution in [0.15, 0.2) is 59.6 Å². The van der Waals surface area contributed by atoms with E-state index in [1.807, 2.05) is 30.3 Å². The normalized spacial score (nSPS) is 11.2. The molecule has 0 aliphatic rings. The van der Waals surface area contributed by atoms with Crippen LogP contribution in [0.4, 0.5) is 0 Å². The molecule has 2 aromatic carbocycles. The molecule has 0 saturated carbocycles. The third kappa shape index (κ3) is 5.60. The molecule has 0 fully saturated rings. The number of carbonyl (C=O) groups is 3. The lowest BCUT2D eigenvalue weighted by Gasteiger charge is -2.07. The van der Waals surface area contributed by atoms with E-state index in [1.165, 1.54) is 7.11 Å². The molecular formula is C23H23N5O4S. The summed E-state index contributed by atoms with van der Waals surface area (Å²) in [6.45, 7) is 1.89. The smallest absolute Gasteiger partial charge is 0.307 e. The third-order valence-corrected chi connectivity index (χ3v) is 5.89. The van der Waals surface area contributed by atoms with Crippen LogP contribution in [0, 0.1) is 12.3 Å². The summed E-state index contributed by atoms with van der Waals surface area (Å²) in [5.41, 5.74) is 7.66. The molecule has 0 saturated heterocycles. The maximum absolute atomic E-state index is 12.8. The molecule has 3 aromatic rings. The number of nitrogens with one attached hydrogen (secondary N) is 2. The van der Waals surface area contributed by atoms with Gasteiger partial charge >= 0.3 is 5.97 Å². The Morgan fingerprint density at radius 1 is 1.09 bits per heavy atom. The number of hydrogen-bond acceptors (Lipinski definition) is 6. The number of ether oxygens (including phenoxy) is 1. The Kier molecular flexibility index (Phi) is 7.52. The number of nitrogens with two attached hydrogens (primary N) is 1. The largest absolute Gasteiger partial charge is 0.469 e. The maximum Gasteiger partial charge on any atom is 0.307 e. The topological polar surface area (TPSA) is 140 Å². The second-order valence-electron chi connectivity index (χ2n) is 6.96. The summed E-state index contributed by atoms with van der Waals surface area (Å²) in [7, 11) is 1.29. The molecule has 0 unspecified atom stereocenters. The van der Waals surface area contributed by atoms with Crippen molar-refractivity contribution in [2.45, 2.75) is 13.3 Å². The number of thiazole rings is 1. The van der Waals surface area contributed by atoms with Crippen LogP contribution in [0.2, 0.25) is 0 Å². The number of rotatable bonds is 7. The molecule has 1 aromatic heterocycles. The van der Waals surface area contributed by atoms with Crippen LogP contribution in [0.25, 0.3) is 5.69 Å². The molecule has 0 atom stereocenters. The molecule has 0 aliphatic heterocycles. The Morgan fingerprint density at radius 2 is 1.73 bits per heavy atom. The Hall–Kier alpha value is -4.05. The molecule has 170 valence electrons. The van der Waals surface area contributed by atoms with Gasteiger partial charge in [0.1, 0.15) is 10.7 Å². The van der Waals surface area contributed by atoms with Crippen molar-refractivity contribution in [2.75, 3.05) is 13.7 Å². The summed E-state index contributed by atoms with van der Waals surface area (Å²) in [5.74, 6) is -1.38. The van der Waals surface area contributed by atoms with Crippen LogP contribution < -0.4 is 15.9 Å². The van der Waals surface area contributed by atoms with E-state index in [9.17, 15) is 14.4 Å². The van der Waals surface area contributed by atoms with Crippen LogP contribution >= 0.6 is 11.3 Å². The van der Waals surface area contributed by atoms with Crippen molar-refractivity contribution >= 4 is 35.0 Å². The molecule has 0 bridgehead atoms. The highest BCUT2D eigenvalue weighted by Crippen LogP contribution is 2.17. The Labute approximate surface area is 194 Å². The first kappa shape index (κ1) is 23.6. The Balaban J connectivity index is 1.99. The van der Waals surface area contributed by atoms with E-state index in [0.717, 1.165) is 17.0 Å². The minimum absolute atomic E-state index is 0.0529. The van der Waals surface area contributed by atoms with E-state index >= 15 is 0 Å². The van der Waals surface area contributed by atoms with Crippen LogP contribution in [-0.2, 0) is 9.53 Å². The van der Waals surface area contributed by atoms with Gasteiger partial charge in [-0.05, 0) is 31.2 Å². The first-order valence-electron chi connectivity index (χ1n) is 9.98. The number of esters is 1. The quantitative estimate of drug-likeness (QED) is 0.279. The van der Waals surface area contributed by atoms with Gasteiger partial charge in [0.25, 0.3) is 11.8 Å². The highest BCUT2D eigenvalue weighted by Gasteiger charge is 2.19. The summed E-state index contributed by atoms with van der Waals surface area (Å²) < 4.78 is 6.32. The number of para-hydroxylation sites is 1. The van der Waals surface area contributed by atoms with Gasteiger partial charge in [-0.25, -0.2) is 0 Å². The lowest BCUT2D eigenvalue weighted by Crippen LogP contribution is -2.26. The van der Waals surface area contributed by atoms with Gasteiger partial charge in [-0.2, -0.15) is 4.99 Å². The van der Waals surface area contributed by atoms with E-state index in [2.05, 4.69) is 15.0 Å². The van der Waals surface area contributed by atoms with Crippen LogP contribution in [0.3, 0.4) is 0 Å². The zero-order valence-corrected chi connectivity index (χ0v) is 18.9. The van der Waals surface area contributed by atoms with Gasteiger partial charge in [0.05, 0.1) is 13.5 Å². The second kappa shape index (κ2) is 10.5. The number of methoxy groups -OCH3 is 1. The summed E-state index contributed by atoms with van der Waals surface area (Å²) in [6.07, 6.45) is 0.0529. The van der Waals surface area contributed by atoms with Crippen molar-refractivity contribution in [1.29, 1.82) is 5.41 Å². The maximum atomic E-state index is 12.8. The van der Waals surface area contributed by atoms with E-state index in [1.54, 1.807) is 35.8 Å². The van der Waals surface area contributed by atoms with E-state index < -0.39 is 11.9 Å². The molecule has 9 nitrogen and oxygen atoms in total. The number of carbonyl (C=O) groups excluding carboxylic acids is 3. The first-order valence-corrected chi connectivity index (χ1v) is 10.8. The number of amidine groups is 1. The number of amides is 2. The molecule has 0 radical (unpaired) electrons. The summed E-state index contributed by atoms with van der Waals surface area (Å²) in [4.78, 5) is 41.9. The predicted molar refractivity (Wildman–Crippen MR) is 125 cm³/mol. The average Bonchev–Trinajstić information content (AvgIpc) is 3.14. The molecule has 4 N–H and O–H groups in total. The minimum Gasteiger partial charge on any atom is -0.469 e. The van der Waals surface area contributed by atoms with Gasteiger partial charge in [0.2, 0.25) is 0 Å². The van der Waals surface area contributed by atoms with Gasteiger partial charge in [-0.1, -0.05) is 41.7 Å². The lowest BCUT2D eigenvalue weighted by molar-refractivity contribution is -0.140. The van der Waals surface area contributed by atoms with Gasteiger partial charge in [0, 0.05) is 29.1 Å². The van der Waals surface area contributed by atoms with Crippen molar-refractivity contribution in [2.24, 2.45) is 10.7 Å². The van der Waals surface area contributed by atoms with Crippen molar-refractivity contribution in [3.63, 3.8) is 0 Å². The van der Waals surface area contributed by atoms with Crippen molar-refractivity contribution in [3.8, 4) is 5.69 Å². The van der Waals surface area contributed by atoms with E-state index in [-0.39, 0.29) is 24.7 Å². The number of benzene rings is 2.